The number of carbonyl (C=O) groups excluding carboxylic acids is 1. The lowest BCUT2D eigenvalue weighted by Gasteiger charge is -2.12. The Balaban J connectivity index is 2.56. The van der Waals surface area contributed by atoms with Crippen molar-refractivity contribution in [1.82, 2.24) is 9.78 Å². The molecule has 1 aromatic heterocycles. The molecule has 0 unspecified atom stereocenters. The molecule has 0 aliphatic heterocycles. The minimum atomic E-state index is -0.599. The maximum absolute atomic E-state index is 13.4. The molecule has 0 amide bonds. The van der Waals surface area contributed by atoms with Gasteiger partial charge in [-0.05, 0) is 41.9 Å². The van der Waals surface area contributed by atoms with Gasteiger partial charge >= 0.3 is 0 Å². The molecule has 0 aliphatic rings. The molecule has 1 heterocycles. The first-order valence-electron chi connectivity index (χ1n) is 5.75. The number of nitrogen functional groups attached to an aromatic ring is 1. The summed E-state index contributed by atoms with van der Waals surface area (Å²) in [4.78, 5) is 12.5. The maximum atomic E-state index is 13.4. The summed E-state index contributed by atoms with van der Waals surface area (Å²) in [6.07, 6.45) is 1.54. The molecular formula is C13H13BrFN3O. The Morgan fingerprint density at radius 3 is 2.79 bits per heavy atom. The smallest absolute Gasteiger partial charge is 0.214 e. The molecule has 2 aromatic rings. The van der Waals surface area contributed by atoms with Gasteiger partial charge < -0.3 is 5.73 Å². The third-order valence-electron chi connectivity index (χ3n) is 2.75. The van der Waals surface area contributed by atoms with E-state index in [1.54, 1.807) is 10.9 Å². The third-order valence-corrected chi connectivity index (χ3v) is 3.33. The van der Waals surface area contributed by atoms with Gasteiger partial charge in [0.25, 0.3) is 0 Å². The van der Waals surface area contributed by atoms with E-state index in [1.807, 2.05) is 13.8 Å². The minimum absolute atomic E-state index is 0.0139. The standard InChI is InChI=1S/C13H13BrFN3O/c1-7(2)18-12(9(14)6-17-18)13(19)8-4-3-5-10(15)11(8)16/h3-7H,16H2,1-2H3. The van der Waals surface area contributed by atoms with Gasteiger partial charge in [-0.3, -0.25) is 9.48 Å². The van der Waals surface area contributed by atoms with Crippen molar-refractivity contribution in [2.75, 3.05) is 5.73 Å². The van der Waals surface area contributed by atoms with Crippen LogP contribution in [0.25, 0.3) is 0 Å². The quantitative estimate of drug-likeness (QED) is 0.696. The number of anilines is 1. The Kier molecular flexibility index (Phi) is 3.71. The monoisotopic (exact) mass is 325 g/mol. The molecular weight excluding hydrogens is 313 g/mol. The van der Waals surface area contributed by atoms with E-state index in [9.17, 15) is 9.18 Å². The van der Waals surface area contributed by atoms with Crippen molar-refractivity contribution in [3.63, 3.8) is 0 Å². The fraction of sp³-hybridized carbons (Fsp3) is 0.231. The van der Waals surface area contributed by atoms with Crippen LogP contribution in [0.1, 0.15) is 35.9 Å². The zero-order valence-electron chi connectivity index (χ0n) is 10.5. The van der Waals surface area contributed by atoms with Gasteiger partial charge in [0.15, 0.2) is 0 Å². The first kappa shape index (κ1) is 13.7. The van der Waals surface area contributed by atoms with Crippen LogP contribution in [0.2, 0.25) is 0 Å². The number of para-hydroxylation sites is 1. The first-order valence-corrected chi connectivity index (χ1v) is 6.54. The predicted molar refractivity (Wildman–Crippen MR) is 74.6 cm³/mol. The number of hydrogen-bond acceptors (Lipinski definition) is 3. The molecule has 0 spiro atoms. The van der Waals surface area contributed by atoms with Gasteiger partial charge in [0.2, 0.25) is 5.78 Å². The van der Waals surface area contributed by atoms with Gasteiger partial charge in [-0.15, -0.1) is 0 Å². The second-order valence-electron chi connectivity index (χ2n) is 4.41. The molecule has 0 atom stereocenters. The number of halogens is 2. The molecule has 4 nitrogen and oxygen atoms in total. The summed E-state index contributed by atoms with van der Waals surface area (Å²) < 4.78 is 15.6. The average Bonchev–Trinajstić information content (AvgIpc) is 2.74. The molecule has 0 saturated heterocycles. The average molecular weight is 326 g/mol. The Labute approximate surface area is 118 Å². The van der Waals surface area contributed by atoms with Crippen LogP contribution in [0.15, 0.2) is 28.9 Å². The Hall–Kier alpha value is -1.69. The van der Waals surface area contributed by atoms with Crippen molar-refractivity contribution in [2.45, 2.75) is 19.9 Å². The Bertz CT molecular complexity index is 637. The van der Waals surface area contributed by atoms with E-state index in [4.69, 9.17) is 5.73 Å². The van der Waals surface area contributed by atoms with Crippen LogP contribution in [0.5, 0.6) is 0 Å². The zero-order chi connectivity index (χ0) is 14.2. The number of nitrogens with two attached hydrogens (primary N) is 1. The van der Waals surface area contributed by atoms with E-state index >= 15 is 0 Å². The van der Waals surface area contributed by atoms with Gasteiger partial charge in [0.1, 0.15) is 11.5 Å². The molecule has 0 aliphatic carbocycles. The SMILES string of the molecule is CC(C)n1ncc(Br)c1C(=O)c1cccc(F)c1N. The van der Waals surface area contributed by atoms with Crippen molar-refractivity contribution in [1.29, 1.82) is 0 Å². The lowest BCUT2D eigenvalue weighted by Crippen LogP contribution is -2.15. The van der Waals surface area contributed by atoms with E-state index < -0.39 is 5.82 Å². The molecule has 100 valence electrons. The number of nitrogens with zero attached hydrogens (tertiary/aromatic N) is 2. The molecule has 1 aromatic carbocycles. The van der Waals surface area contributed by atoms with Crippen LogP contribution in [0.4, 0.5) is 10.1 Å². The third kappa shape index (κ3) is 2.40. The molecule has 0 bridgehead atoms. The summed E-state index contributed by atoms with van der Waals surface area (Å²) in [7, 11) is 0. The molecule has 2 rings (SSSR count). The maximum Gasteiger partial charge on any atom is 0.214 e. The zero-order valence-corrected chi connectivity index (χ0v) is 12.1. The number of ketones is 1. The molecule has 0 fully saturated rings. The largest absolute Gasteiger partial charge is 0.396 e. The van der Waals surface area contributed by atoms with Gasteiger partial charge in [-0.2, -0.15) is 5.10 Å². The van der Waals surface area contributed by atoms with Crippen molar-refractivity contribution < 1.29 is 9.18 Å². The second kappa shape index (κ2) is 5.13. The van der Waals surface area contributed by atoms with Crippen molar-refractivity contribution in [3.8, 4) is 0 Å². The van der Waals surface area contributed by atoms with E-state index in [2.05, 4.69) is 21.0 Å². The van der Waals surface area contributed by atoms with E-state index in [-0.39, 0.29) is 23.1 Å². The van der Waals surface area contributed by atoms with E-state index in [0.29, 0.717) is 10.2 Å². The number of aromatic nitrogens is 2. The predicted octanol–water partition coefficient (Wildman–Crippen LogP) is 3.18. The van der Waals surface area contributed by atoms with E-state index in [1.165, 1.54) is 18.2 Å². The summed E-state index contributed by atoms with van der Waals surface area (Å²) >= 11 is 3.29. The number of benzene rings is 1. The van der Waals surface area contributed by atoms with Gasteiger partial charge in [-0.1, -0.05) is 6.07 Å². The van der Waals surface area contributed by atoms with Crippen LogP contribution < -0.4 is 5.73 Å². The van der Waals surface area contributed by atoms with Crippen LogP contribution in [-0.4, -0.2) is 15.6 Å². The number of rotatable bonds is 3. The topological polar surface area (TPSA) is 60.9 Å². The Morgan fingerprint density at radius 1 is 1.47 bits per heavy atom. The lowest BCUT2D eigenvalue weighted by atomic mass is 10.1. The Morgan fingerprint density at radius 2 is 2.16 bits per heavy atom. The lowest BCUT2D eigenvalue weighted by molar-refractivity contribution is 0.102. The normalized spacial score (nSPS) is 11.0. The number of carbonyl (C=O) groups is 1. The number of hydrogen-bond donors (Lipinski definition) is 1. The van der Waals surface area contributed by atoms with Gasteiger partial charge in [0.05, 0.1) is 21.9 Å². The van der Waals surface area contributed by atoms with Crippen LogP contribution in [0.3, 0.4) is 0 Å². The summed E-state index contributed by atoms with van der Waals surface area (Å²) in [6.45, 7) is 3.82. The van der Waals surface area contributed by atoms with Crippen molar-refractivity contribution in [2.24, 2.45) is 0 Å². The highest BCUT2D eigenvalue weighted by molar-refractivity contribution is 9.10. The van der Waals surface area contributed by atoms with E-state index in [0.717, 1.165) is 0 Å². The van der Waals surface area contributed by atoms with Crippen LogP contribution in [0, 0.1) is 5.82 Å². The van der Waals surface area contributed by atoms with Gasteiger partial charge in [0, 0.05) is 6.04 Å². The molecule has 19 heavy (non-hydrogen) atoms. The summed E-state index contributed by atoms with van der Waals surface area (Å²) in [5, 5.41) is 4.13. The first-order chi connectivity index (χ1) is 8.93. The highest BCUT2D eigenvalue weighted by Crippen LogP contribution is 2.25. The summed E-state index contributed by atoms with van der Waals surface area (Å²) in [5.74, 6) is -0.951. The molecule has 0 saturated carbocycles. The molecule has 2 N–H and O–H groups in total. The summed E-state index contributed by atoms with van der Waals surface area (Å²) in [6, 6.07) is 4.20. The van der Waals surface area contributed by atoms with Crippen molar-refractivity contribution >= 4 is 27.4 Å². The minimum Gasteiger partial charge on any atom is -0.396 e. The van der Waals surface area contributed by atoms with Crippen LogP contribution in [-0.2, 0) is 0 Å². The highest BCUT2D eigenvalue weighted by Gasteiger charge is 2.22. The van der Waals surface area contributed by atoms with Crippen LogP contribution >= 0.6 is 15.9 Å². The highest BCUT2D eigenvalue weighted by atomic mass is 79.9. The fourth-order valence-electron chi connectivity index (χ4n) is 1.81. The molecule has 0 radical (unpaired) electrons. The molecule has 6 heteroatoms. The second-order valence-corrected chi connectivity index (χ2v) is 5.26. The summed E-state index contributed by atoms with van der Waals surface area (Å²) in [5.41, 5.74) is 5.99. The van der Waals surface area contributed by atoms with Gasteiger partial charge in [-0.25, -0.2) is 4.39 Å². The fourth-order valence-corrected chi connectivity index (χ4v) is 2.26. The van der Waals surface area contributed by atoms with Crippen molar-refractivity contribution in [3.05, 3.63) is 45.9 Å².